The van der Waals surface area contributed by atoms with Crippen LogP contribution < -0.4 is 9.47 Å². The molecule has 2 aromatic heterocycles. The van der Waals surface area contributed by atoms with E-state index in [0.29, 0.717) is 35.0 Å². The highest BCUT2D eigenvalue weighted by molar-refractivity contribution is 6.16. The molecule has 6 rings (SSSR count). The lowest BCUT2D eigenvalue weighted by molar-refractivity contribution is -0.130. The molecule has 200 valence electrons. The number of furan rings is 2. The fourth-order valence-electron chi connectivity index (χ4n) is 4.90. The zero-order chi connectivity index (χ0) is 27.6. The van der Waals surface area contributed by atoms with Gasteiger partial charge in [-0.05, 0) is 47.5 Å². The lowest BCUT2D eigenvalue weighted by Gasteiger charge is -2.26. The number of carbonyl (C=O) groups is 2. The van der Waals surface area contributed by atoms with E-state index in [0.717, 1.165) is 10.9 Å². The first kappa shape index (κ1) is 25.1. The number of ether oxygens (including phenoxy) is 2. The number of Topliss-reactive ketones (excluding diaryl/α,β-unsaturated/α-hetero) is 1. The molecule has 0 saturated carbocycles. The third-order valence-electron chi connectivity index (χ3n) is 6.84. The van der Waals surface area contributed by atoms with Gasteiger partial charge < -0.3 is 28.3 Å². The minimum atomic E-state index is -0.935. The molecule has 1 aliphatic heterocycles. The molecule has 0 aliphatic carbocycles. The summed E-state index contributed by atoms with van der Waals surface area (Å²) in [5.74, 6) is -0.475. The number of rotatable bonds is 9. The Balaban J connectivity index is 1.39. The van der Waals surface area contributed by atoms with Crippen molar-refractivity contribution in [1.29, 1.82) is 0 Å². The molecule has 1 amide bonds. The SMILES string of the molecule is COc1cc([C@H]2C(C(=O)c3cc4ccccc4o3)=C(O)C(=O)N2Cc2ccco2)ccc1OCc1ccccc1. The first-order valence-corrected chi connectivity index (χ1v) is 12.7. The largest absolute Gasteiger partial charge is 0.503 e. The number of ketones is 1. The maximum atomic E-state index is 13.8. The predicted molar refractivity (Wildman–Crippen MR) is 146 cm³/mol. The van der Waals surface area contributed by atoms with Crippen molar-refractivity contribution in [2.45, 2.75) is 19.2 Å². The van der Waals surface area contributed by atoms with Crippen molar-refractivity contribution in [2.75, 3.05) is 7.11 Å². The summed E-state index contributed by atoms with van der Waals surface area (Å²) in [4.78, 5) is 28.6. The lowest BCUT2D eigenvalue weighted by Crippen LogP contribution is -2.30. The summed E-state index contributed by atoms with van der Waals surface area (Å²) in [5.41, 5.74) is 1.98. The van der Waals surface area contributed by atoms with Crippen LogP contribution in [0, 0.1) is 0 Å². The van der Waals surface area contributed by atoms with E-state index in [1.165, 1.54) is 18.3 Å². The van der Waals surface area contributed by atoms with Crippen LogP contribution in [0.3, 0.4) is 0 Å². The van der Waals surface area contributed by atoms with Gasteiger partial charge in [-0.1, -0.05) is 54.6 Å². The molecule has 8 nitrogen and oxygen atoms in total. The normalized spacial score (nSPS) is 15.2. The Hall–Kier alpha value is -5.24. The summed E-state index contributed by atoms with van der Waals surface area (Å²) in [6.45, 7) is 0.367. The van der Waals surface area contributed by atoms with E-state index in [9.17, 15) is 14.7 Å². The molecule has 5 aromatic rings. The highest BCUT2D eigenvalue weighted by Gasteiger charge is 2.45. The van der Waals surface area contributed by atoms with E-state index >= 15 is 0 Å². The number of aliphatic hydroxyl groups is 1. The molecular formula is C32H25NO7. The van der Waals surface area contributed by atoms with Gasteiger partial charge in [-0.25, -0.2) is 0 Å². The zero-order valence-corrected chi connectivity index (χ0v) is 21.6. The Bertz CT molecular complexity index is 1680. The molecule has 1 aliphatic rings. The number of methoxy groups -OCH3 is 1. The number of carbonyl (C=O) groups excluding carboxylic acids is 2. The zero-order valence-electron chi connectivity index (χ0n) is 21.6. The monoisotopic (exact) mass is 535 g/mol. The molecule has 1 N–H and O–H groups in total. The standard InChI is InChI=1S/C32H25NO7/c1-37-26-17-22(13-14-25(26)39-19-20-8-3-2-4-9-20)29-28(30(34)27-16-21-10-5-6-12-24(21)40-27)31(35)32(36)33(29)18-23-11-7-15-38-23/h2-17,29,35H,18-19H2,1H3/t29-/m0/s1. The van der Waals surface area contributed by atoms with Crippen molar-refractivity contribution in [3.63, 3.8) is 0 Å². The quantitative estimate of drug-likeness (QED) is 0.218. The summed E-state index contributed by atoms with van der Waals surface area (Å²) in [5, 5.41) is 11.8. The first-order chi connectivity index (χ1) is 19.5. The number of fused-ring (bicyclic) bond motifs is 1. The van der Waals surface area contributed by atoms with E-state index < -0.39 is 23.5 Å². The van der Waals surface area contributed by atoms with Crippen molar-refractivity contribution in [3.05, 3.63) is 131 Å². The average molecular weight is 536 g/mol. The molecular weight excluding hydrogens is 510 g/mol. The predicted octanol–water partition coefficient (Wildman–Crippen LogP) is 6.39. The molecule has 0 unspecified atom stereocenters. The first-order valence-electron chi connectivity index (χ1n) is 12.7. The Morgan fingerprint density at radius 2 is 1.75 bits per heavy atom. The van der Waals surface area contributed by atoms with Crippen molar-refractivity contribution in [3.8, 4) is 11.5 Å². The molecule has 3 aromatic carbocycles. The summed E-state index contributed by atoms with van der Waals surface area (Å²) in [7, 11) is 1.52. The molecule has 3 heterocycles. The van der Waals surface area contributed by atoms with Gasteiger partial charge in [0.15, 0.2) is 23.0 Å². The summed E-state index contributed by atoms with van der Waals surface area (Å²) >= 11 is 0. The maximum Gasteiger partial charge on any atom is 0.290 e. The molecule has 0 saturated heterocycles. The smallest absolute Gasteiger partial charge is 0.290 e. The average Bonchev–Trinajstić information content (AvgIpc) is 3.72. The van der Waals surface area contributed by atoms with E-state index in [1.54, 1.807) is 48.5 Å². The van der Waals surface area contributed by atoms with E-state index in [2.05, 4.69) is 0 Å². The van der Waals surface area contributed by atoms with Crippen LogP contribution in [-0.4, -0.2) is 28.8 Å². The minimum Gasteiger partial charge on any atom is -0.503 e. The van der Waals surface area contributed by atoms with E-state index in [-0.39, 0.29) is 17.9 Å². The van der Waals surface area contributed by atoms with Crippen LogP contribution in [0.15, 0.2) is 117 Å². The number of para-hydroxylation sites is 1. The van der Waals surface area contributed by atoms with Gasteiger partial charge >= 0.3 is 0 Å². The van der Waals surface area contributed by atoms with Crippen LogP contribution >= 0.6 is 0 Å². The number of benzene rings is 3. The second-order valence-electron chi connectivity index (χ2n) is 9.34. The van der Waals surface area contributed by atoms with Gasteiger partial charge in [-0.15, -0.1) is 0 Å². The van der Waals surface area contributed by atoms with Crippen LogP contribution in [-0.2, 0) is 17.9 Å². The van der Waals surface area contributed by atoms with Gasteiger partial charge in [0, 0.05) is 5.39 Å². The van der Waals surface area contributed by atoms with Gasteiger partial charge in [0.1, 0.15) is 18.0 Å². The van der Waals surface area contributed by atoms with Gasteiger partial charge in [-0.3, -0.25) is 9.59 Å². The van der Waals surface area contributed by atoms with Crippen molar-refractivity contribution in [2.24, 2.45) is 0 Å². The third kappa shape index (κ3) is 4.60. The fourth-order valence-corrected chi connectivity index (χ4v) is 4.90. The van der Waals surface area contributed by atoms with E-state index in [4.69, 9.17) is 18.3 Å². The summed E-state index contributed by atoms with van der Waals surface area (Å²) in [6.07, 6.45) is 1.50. The maximum absolute atomic E-state index is 13.8. The number of hydrogen-bond donors (Lipinski definition) is 1. The Morgan fingerprint density at radius 1 is 0.950 bits per heavy atom. The van der Waals surface area contributed by atoms with Crippen LogP contribution in [0.5, 0.6) is 11.5 Å². The van der Waals surface area contributed by atoms with Crippen LogP contribution in [0.2, 0.25) is 0 Å². The molecule has 40 heavy (non-hydrogen) atoms. The molecule has 0 bridgehead atoms. The van der Waals surface area contributed by atoms with Gasteiger partial charge in [0.05, 0.1) is 31.5 Å². The molecule has 8 heteroatoms. The highest BCUT2D eigenvalue weighted by atomic mass is 16.5. The Kier molecular flexibility index (Phi) is 6.57. The number of hydrogen-bond acceptors (Lipinski definition) is 7. The van der Waals surface area contributed by atoms with Gasteiger partial charge in [0.2, 0.25) is 5.78 Å². The lowest BCUT2D eigenvalue weighted by atomic mass is 9.94. The number of amides is 1. The van der Waals surface area contributed by atoms with Crippen molar-refractivity contribution >= 4 is 22.7 Å². The fraction of sp³-hybridized carbons (Fsp3) is 0.125. The third-order valence-corrected chi connectivity index (χ3v) is 6.84. The highest BCUT2D eigenvalue weighted by Crippen LogP contribution is 2.43. The number of nitrogens with zero attached hydrogens (tertiary/aromatic N) is 1. The van der Waals surface area contributed by atoms with Gasteiger partial charge in [0.25, 0.3) is 5.91 Å². The minimum absolute atomic E-state index is 0.0233. The molecule has 0 spiro atoms. The second-order valence-corrected chi connectivity index (χ2v) is 9.34. The van der Waals surface area contributed by atoms with Crippen LogP contribution in [0.1, 0.15) is 33.5 Å². The van der Waals surface area contributed by atoms with Crippen LogP contribution in [0.4, 0.5) is 0 Å². The van der Waals surface area contributed by atoms with E-state index in [1.807, 2.05) is 42.5 Å². The number of aliphatic hydroxyl groups excluding tert-OH is 1. The summed E-state index contributed by atoms with van der Waals surface area (Å²) in [6, 6.07) is 26.2. The molecule has 0 radical (unpaired) electrons. The van der Waals surface area contributed by atoms with Gasteiger partial charge in [-0.2, -0.15) is 0 Å². The Labute approximate surface area is 229 Å². The van der Waals surface area contributed by atoms with Crippen LogP contribution in [0.25, 0.3) is 11.0 Å². The topological polar surface area (TPSA) is 102 Å². The Morgan fingerprint density at radius 3 is 2.50 bits per heavy atom. The second kappa shape index (κ2) is 10.5. The molecule has 0 fully saturated rings. The van der Waals surface area contributed by atoms with Crippen molar-refractivity contribution in [1.82, 2.24) is 4.90 Å². The molecule has 1 atom stereocenters. The van der Waals surface area contributed by atoms with Crippen molar-refractivity contribution < 1.29 is 33.0 Å². The summed E-state index contributed by atoms with van der Waals surface area (Å²) < 4.78 is 22.9.